The molecule has 6 heteroatoms. The Balaban J connectivity index is 1.77. The standard InChI is InChI=1S/C23H17NO5/c25-21(16-13-17-11-14-20(15-12-17)24(27)28)29-23(19-9-5-2-6-10-19)22(26)18-7-3-1-4-8-18/h1-16,23H/b16-13+. The molecule has 0 aliphatic heterocycles. The number of esters is 1. The molecule has 6 nitrogen and oxygen atoms in total. The monoisotopic (exact) mass is 387 g/mol. The van der Waals surface area contributed by atoms with Gasteiger partial charge in [0.2, 0.25) is 5.78 Å². The predicted octanol–water partition coefficient (Wildman–Crippen LogP) is 4.78. The quantitative estimate of drug-likeness (QED) is 0.191. The maximum Gasteiger partial charge on any atom is 0.331 e. The second kappa shape index (κ2) is 9.23. The molecule has 0 spiro atoms. The third-order valence-corrected chi connectivity index (χ3v) is 4.15. The van der Waals surface area contributed by atoms with Crippen molar-refractivity contribution in [1.29, 1.82) is 0 Å². The summed E-state index contributed by atoms with van der Waals surface area (Å²) >= 11 is 0. The molecule has 0 aromatic heterocycles. The zero-order valence-electron chi connectivity index (χ0n) is 15.3. The van der Waals surface area contributed by atoms with Gasteiger partial charge in [0.25, 0.3) is 5.69 Å². The van der Waals surface area contributed by atoms with E-state index in [1.807, 2.05) is 6.07 Å². The van der Waals surface area contributed by atoms with E-state index in [2.05, 4.69) is 0 Å². The fraction of sp³-hybridized carbons (Fsp3) is 0.0435. The molecule has 0 N–H and O–H groups in total. The number of rotatable bonds is 7. The lowest BCUT2D eigenvalue weighted by atomic mass is 10.00. The Kier molecular flexibility index (Phi) is 6.27. The van der Waals surface area contributed by atoms with E-state index in [-0.39, 0.29) is 11.5 Å². The third kappa shape index (κ3) is 5.23. The molecular formula is C23H17NO5. The van der Waals surface area contributed by atoms with E-state index >= 15 is 0 Å². The van der Waals surface area contributed by atoms with Crippen LogP contribution in [0.3, 0.4) is 0 Å². The number of hydrogen-bond donors (Lipinski definition) is 0. The lowest BCUT2D eigenvalue weighted by Gasteiger charge is -2.16. The summed E-state index contributed by atoms with van der Waals surface area (Å²) in [5.74, 6) is -1.02. The van der Waals surface area contributed by atoms with Crippen LogP contribution >= 0.6 is 0 Å². The molecule has 0 bridgehead atoms. The van der Waals surface area contributed by atoms with Crippen LogP contribution in [0, 0.1) is 10.1 Å². The van der Waals surface area contributed by atoms with Gasteiger partial charge >= 0.3 is 5.97 Å². The zero-order valence-corrected chi connectivity index (χ0v) is 15.3. The van der Waals surface area contributed by atoms with Crippen LogP contribution in [0.15, 0.2) is 91.0 Å². The highest BCUT2D eigenvalue weighted by Gasteiger charge is 2.25. The molecule has 0 radical (unpaired) electrons. The molecule has 1 unspecified atom stereocenters. The summed E-state index contributed by atoms with van der Waals surface area (Å²) in [7, 11) is 0. The highest BCUT2D eigenvalue weighted by atomic mass is 16.6. The highest BCUT2D eigenvalue weighted by molar-refractivity contribution is 6.01. The maximum atomic E-state index is 12.9. The van der Waals surface area contributed by atoms with Crippen LogP contribution in [-0.4, -0.2) is 16.7 Å². The van der Waals surface area contributed by atoms with Crippen molar-refractivity contribution in [3.05, 3.63) is 118 Å². The van der Waals surface area contributed by atoms with Gasteiger partial charge in [-0.3, -0.25) is 14.9 Å². The van der Waals surface area contributed by atoms with Crippen LogP contribution in [0.5, 0.6) is 0 Å². The second-order valence-corrected chi connectivity index (χ2v) is 6.14. The Labute approximate surface area is 167 Å². The smallest absolute Gasteiger partial charge is 0.331 e. The Morgan fingerprint density at radius 1 is 0.862 bits per heavy atom. The lowest BCUT2D eigenvalue weighted by molar-refractivity contribution is -0.384. The van der Waals surface area contributed by atoms with Crippen molar-refractivity contribution in [2.45, 2.75) is 6.10 Å². The molecule has 0 aliphatic carbocycles. The van der Waals surface area contributed by atoms with Gasteiger partial charge < -0.3 is 4.74 Å². The average Bonchev–Trinajstić information content (AvgIpc) is 2.77. The number of ether oxygens (including phenoxy) is 1. The van der Waals surface area contributed by atoms with Crippen LogP contribution in [0.25, 0.3) is 6.08 Å². The van der Waals surface area contributed by atoms with Gasteiger partial charge in [-0.25, -0.2) is 4.79 Å². The normalized spacial score (nSPS) is 11.7. The number of nitro groups is 1. The molecule has 0 heterocycles. The summed E-state index contributed by atoms with van der Waals surface area (Å²) < 4.78 is 5.45. The SMILES string of the molecule is O=C(/C=C/c1ccc([N+](=O)[O-])cc1)OC(C(=O)c1ccccc1)c1ccccc1. The van der Waals surface area contributed by atoms with Crippen molar-refractivity contribution in [2.24, 2.45) is 0 Å². The Morgan fingerprint density at radius 3 is 2.03 bits per heavy atom. The van der Waals surface area contributed by atoms with Gasteiger partial charge in [0, 0.05) is 29.3 Å². The molecule has 0 aliphatic rings. The number of ketones is 1. The van der Waals surface area contributed by atoms with Crippen LogP contribution in [-0.2, 0) is 9.53 Å². The molecule has 0 saturated heterocycles. The maximum absolute atomic E-state index is 12.9. The molecule has 3 aromatic rings. The van der Waals surface area contributed by atoms with Crippen LogP contribution in [0.1, 0.15) is 27.6 Å². The summed E-state index contributed by atoms with van der Waals surface area (Å²) in [6, 6.07) is 23.1. The van der Waals surface area contributed by atoms with Crippen LogP contribution in [0.4, 0.5) is 5.69 Å². The molecule has 0 amide bonds. The number of nitro benzene ring substituents is 1. The molecule has 144 valence electrons. The first-order chi connectivity index (χ1) is 14.0. The summed E-state index contributed by atoms with van der Waals surface area (Å²) in [5.41, 5.74) is 1.56. The highest BCUT2D eigenvalue weighted by Crippen LogP contribution is 2.23. The van der Waals surface area contributed by atoms with Crippen molar-refractivity contribution >= 4 is 23.5 Å². The van der Waals surface area contributed by atoms with E-state index in [0.29, 0.717) is 16.7 Å². The molecule has 3 rings (SSSR count). The molecule has 0 saturated carbocycles. The second-order valence-electron chi connectivity index (χ2n) is 6.14. The van der Waals surface area contributed by atoms with Crippen LogP contribution in [0.2, 0.25) is 0 Å². The third-order valence-electron chi connectivity index (χ3n) is 4.15. The number of carbonyl (C=O) groups is 2. The first-order valence-corrected chi connectivity index (χ1v) is 8.82. The van der Waals surface area contributed by atoms with Crippen molar-refractivity contribution < 1.29 is 19.2 Å². The van der Waals surface area contributed by atoms with Gasteiger partial charge in [0.05, 0.1) is 4.92 Å². The fourth-order valence-corrected chi connectivity index (χ4v) is 2.68. The largest absolute Gasteiger partial charge is 0.446 e. The number of carbonyl (C=O) groups excluding carboxylic acids is 2. The number of hydrogen-bond acceptors (Lipinski definition) is 5. The Bertz CT molecular complexity index is 1030. The Morgan fingerprint density at radius 2 is 1.45 bits per heavy atom. The molecule has 29 heavy (non-hydrogen) atoms. The van der Waals surface area contributed by atoms with Crippen molar-refractivity contribution in [2.75, 3.05) is 0 Å². The minimum atomic E-state index is -1.08. The van der Waals surface area contributed by atoms with Gasteiger partial charge in [0.1, 0.15) is 0 Å². The van der Waals surface area contributed by atoms with Gasteiger partial charge in [-0.15, -0.1) is 0 Å². The zero-order chi connectivity index (χ0) is 20.6. The fourth-order valence-electron chi connectivity index (χ4n) is 2.68. The first-order valence-electron chi connectivity index (χ1n) is 8.82. The van der Waals surface area contributed by atoms with Crippen molar-refractivity contribution in [3.8, 4) is 0 Å². The first kappa shape index (κ1) is 19.7. The van der Waals surface area contributed by atoms with Gasteiger partial charge in [-0.1, -0.05) is 60.7 Å². The molecule has 3 aromatic carbocycles. The number of benzene rings is 3. The van der Waals surface area contributed by atoms with E-state index in [4.69, 9.17) is 4.74 Å². The van der Waals surface area contributed by atoms with E-state index in [9.17, 15) is 19.7 Å². The predicted molar refractivity (Wildman–Crippen MR) is 108 cm³/mol. The summed E-state index contributed by atoms with van der Waals surface area (Å²) in [6.45, 7) is 0. The minimum Gasteiger partial charge on any atom is -0.446 e. The summed E-state index contributed by atoms with van der Waals surface area (Å²) in [5, 5.41) is 10.7. The van der Waals surface area contributed by atoms with Crippen molar-refractivity contribution in [1.82, 2.24) is 0 Å². The summed E-state index contributed by atoms with van der Waals surface area (Å²) in [6.07, 6.45) is 1.59. The molecule has 0 fully saturated rings. The van der Waals surface area contributed by atoms with Crippen LogP contribution < -0.4 is 0 Å². The van der Waals surface area contributed by atoms with Gasteiger partial charge in [0.15, 0.2) is 6.10 Å². The van der Waals surface area contributed by atoms with E-state index < -0.39 is 17.0 Å². The van der Waals surface area contributed by atoms with E-state index in [1.165, 1.54) is 36.4 Å². The van der Waals surface area contributed by atoms with E-state index in [0.717, 1.165) is 0 Å². The minimum absolute atomic E-state index is 0.0395. The lowest BCUT2D eigenvalue weighted by Crippen LogP contribution is -2.19. The number of Topliss-reactive ketones (excluding diaryl/α,β-unsaturated/α-hetero) is 1. The van der Waals surface area contributed by atoms with Gasteiger partial charge in [-0.2, -0.15) is 0 Å². The molecule has 1 atom stereocenters. The van der Waals surface area contributed by atoms with E-state index in [1.54, 1.807) is 54.6 Å². The molecular weight excluding hydrogens is 370 g/mol. The number of non-ortho nitro benzene ring substituents is 1. The van der Waals surface area contributed by atoms with Crippen molar-refractivity contribution in [3.63, 3.8) is 0 Å². The average molecular weight is 387 g/mol. The summed E-state index contributed by atoms with van der Waals surface area (Å²) in [4.78, 5) is 35.4. The topological polar surface area (TPSA) is 86.5 Å². The van der Waals surface area contributed by atoms with Gasteiger partial charge in [-0.05, 0) is 23.8 Å². The number of nitrogens with zero attached hydrogens (tertiary/aromatic N) is 1. The Hall–Kier alpha value is -4.06.